The third kappa shape index (κ3) is 70.5. The molecule has 2 unspecified atom stereocenters. The lowest BCUT2D eigenvalue weighted by atomic mass is 10.0. The first-order valence-corrected chi connectivity index (χ1v) is 42.8. The minimum Gasteiger partial charge on any atom is -0.462 e. The summed E-state index contributed by atoms with van der Waals surface area (Å²) in [5.74, 6) is 0.165. The van der Waals surface area contributed by atoms with Crippen molar-refractivity contribution < 1.29 is 80.2 Å². The lowest BCUT2D eigenvalue weighted by Gasteiger charge is -2.21. The number of esters is 4. The lowest BCUT2D eigenvalue weighted by molar-refractivity contribution is -0.161. The molecule has 0 aromatic carbocycles. The Labute approximate surface area is 588 Å². The van der Waals surface area contributed by atoms with E-state index in [1.807, 2.05) is 0 Å². The number of rotatable bonds is 75. The number of unbranched alkanes of at least 4 members (excludes halogenated alkanes) is 43. The largest absolute Gasteiger partial charge is 0.472 e. The number of ether oxygens (including phenoxy) is 4. The highest BCUT2D eigenvalue weighted by molar-refractivity contribution is 7.47. The van der Waals surface area contributed by atoms with Gasteiger partial charge in [-0.25, -0.2) is 9.13 Å². The summed E-state index contributed by atoms with van der Waals surface area (Å²) in [5, 5.41) is 10.6. The number of hydrogen-bond donors (Lipinski definition) is 3. The molecule has 0 amide bonds. The third-order valence-corrected chi connectivity index (χ3v) is 19.8. The van der Waals surface area contributed by atoms with Gasteiger partial charge >= 0.3 is 39.5 Å². The highest BCUT2D eigenvalue weighted by Crippen LogP contribution is 2.45. The number of aliphatic hydroxyl groups is 1. The molecule has 0 radical (unpaired) electrons. The van der Waals surface area contributed by atoms with Crippen molar-refractivity contribution in [1.82, 2.24) is 0 Å². The SMILES string of the molecule is CCCCCCCCCCCCCCCCCCC(=O)O[C@H](COC(=O)CCCCCCCCCCCCCC(C)C)COP(=O)(O)OC[C@@H](O)COP(=O)(O)OC[C@@H](COC(=O)CCCCCCCCCCCC(C)C)OC(=O)CCCCCCCCCCCCCC(C)C. The second-order valence-electron chi connectivity index (χ2n) is 29.2. The second kappa shape index (κ2) is 67.5. The number of carbonyl (C=O) groups excluding carboxylic acids is 4. The standard InChI is InChI=1S/C77H150O17P2/c1-8-9-10-11-12-13-14-15-16-17-18-23-31-39-46-53-60-76(81)93-72(64-87-74(79)58-51-44-37-30-24-19-21-27-34-41-48-55-68(2)3)66-91-95(83,84)89-62-71(78)63-90-96(85,86)92-67-73(65-88-75(80)59-52-45-38-33-26-29-36-43-50-57-70(6)7)94-77(82)61-54-47-40-32-25-20-22-28-35-42-49-56-69(4)5/h68-73,78H,8-67H2,1-7H3,(H,83,84)(H,85,86)/t71-,72-,73-/m1/s1. The molecule has 0 aromatic rings. The van der Waals surface area contributed by atoms with E-state index in [-0.39, 0.29) is 25.7 Å². The van der Waals surface area contributed by atoms with Crippen LogP contribution in [0.4, 0.5) is 0 Å². The maximum Gasteiger partial charge on any atom is 0.472 e. The van der Waals surface area contributed by atoms with Crippen molar-refractivity contribution in [3.05, 3.63) is 0 Å². The summed E-state index contributed by atoms with van der Waals surface area (Å²) in [6.45, 7) is 11.9. The van der Waals surface area contributed by atoms with E-state index in [2.05, 4.69) is 48.5 Å². The van der Waals surface area contributed by atoms with Crippen molar-refractivity contribution in [2.24, 2.45) is 17.8 Å². The quantitative estimate of drug-likeness (QED) is 0.0222. The zero-order chi connectivity index (χ0) is 70.9. The predicted octanol–water partition coefficient (Wildman–Crippen LogP) is 22.6. The molecule has 0 spiro atoms. The van der Waals surface area contributed by atoms with Crippen LogP contribution in [0.1, 0.15) is 395 Å². The van der Waals surface area contributed by atoms with Crippen LogP contribution in [-0.4, -0.2) is 96.7 Å². The molecule has 0 saturated carbocycles. The number of carbonyl (C=O) groups is 4. The maximum absolute atomic E-state index is 13.1. The molecule has 0 aromatic heterocycles. The summed E-state index contributed by atoms with van der Waals surface area (Å²) in [6, 6.07) is 0. The Balaban J connectivity index is 5.27. The Hall–Kier alpha value is -1.94. The van der Waals surface area contributed by atoms with E-state index < -0.39 is 97.5 Å². The van der Waals surface area contributed by atoms with Crippen molar-refractivity contribution in [2.45, 2.75) is 414 Å². The van der Waals surface area contributed by atoms with E-state index >= 15 is 0 Å². The molecule has 19 heteroatoms. The Bertz CT molecular complexity index is 1870. The highest BCUT2D eigenvalue weighted by atomic mass is 31.2. The number of aliphatic hydroxyl groups excluding tert-OH is 1. The normalized spacial score (nSPS) is 14.1. The topological polar surface area (TPSA) is 237 Å². The van der Waals surface area contributed by atoms with Gasteiger partial charge in [-0.2, -0.15) is 0 Å². The fourth-order valence-corrected chi connectivity index (χ4v) is 13.4. The Morgan fingerprint density at radius 2 is 0.479 bits per heavy atom. The number of phosphoric acid groups is 2. The van der Waals surface area contributed by atoms with Gasteiger partial charge in [0, 0.05) is 25.7 Å². The highest BCUT2D eigenvalue weighted by Gasteiger charge is 2.30. The first-order chi connectivity index (χ1) is 46.2. The molecular weight excluding hydrogens is 1260 g/mol. The van der Waals surface area contributed by atoms with Crippen LogP contribution in [0.3, 0.4) is 0 Å². The fraction of sp³-hybridized carbons (Fsp3) is 0.948. The average Bonchev–Trinajstić information content (AvgIpc) is 1.16. The van der Waals surface area contributed by atoms with Crippen LogP contribution in [0.15, 0.2) is 0 Å². The van der Waals surface area contributed by atoms with Gasteiger partial charge in [-0.3, -0.25) is 37.3 Å². The van der Waals surface area contributed by atoms with E-state index in [9.17, 15) is 43.2 Å². The molecular formula is C77H150O17P2. The molecule has 0 heterocycles. The zero-order valence-corrected chi connectivity index (χ0v) is 64.6. The minimum atomic E-state index is -4.96. The molecule has 0 rings (SSSR count). The monoisotopic (exact) mass is 1410 g/mol. The summed E-state index contributed by atoms with van der Waals surface area (Å²) < 4.78 is 68.6. The van der Waals surface area contributed by atoms with Gasteiger partial charge in [-0.05, 0) is 43.4 Å². The summed E-state index contributed by atoms with van der Waals surface area (Å²) in [6.07, 6.45) is 54.0. The summed E-state index contributed by atoms with van der Waals surface area (Å²) in [5.41, 5.74) is 0. The molecule has 96 heavy (non-hydrogen) atoms. The molecule has 3 N–H and O–H groups in total. The molecule has 0 bridgehead atoms. The van der Waals surface area contributed by atoms with Crippen LogP contribution in [0.25, 0.3) is 0 Å². The van der Waals surface area contributed by atoms with Crippen molar-refractivity contribution in [3.8, 4) is 0 Å². The van der Waals surface area contributed by atoms with Crippen LogP contribution in [-0.2, 0) is 65.4 Å². The molecule has 0 aliphatic rings. The van der Waals surface area contributed by atoms with Gasteiger partial charge < -0.3 is 33.8 Å². The van der Waals surface area contributed by atoms with E-state index in [0.717, 1.165) is 108 Å². The smallest absolute Gasteiger partial charge is 0.462 e. The molecule has 0 aliphatic heterocycles. The van der Waals surface area contributed by atoms with Crippen LogP contribution in [0.5, 0.6) is 0 Å². The Morgan fingerprint density at radius 3 is 0.708 bits per heavy atom. The Morgan fingerprint density at radius 1 is 0.281 bits per heavy atom. The van der Waals surface area contributed by atoms with Gasteiger partial charge in [-0.1, -0.05) is 344 Å². The van der Waals surface area contributed by atoms with Gasteiger partial charge in [0.15, 0.2) is 12.2 Å². The summed E-state index contributed by atoms with van der Waals surface area (Å²) >= 11 is 0. The number of phosphoric ester groups is 2. The van der Waals surface area contributed by atoms with E-state index in [4.69, 9.17) is 37.0 Å². The zero-order valence-electron chi connectivity index (χ0n) is 62.8. The number of hydrogen-bond acceptors (Lipinski definition) is 15. The predicted molar refractivity (Wildman–Crippen MR) is 391 cm³/mol. The van der Waals surface area contributed by atoms with Crippen molar-refractivity contribution in [2.75, 3.05) is 39.6 Å². The molecule has 17 nitrogen and oxygen atoms in total. The van der Waals surface area contributed by atoms with E-state index in [1.165, 1.54) is 205 Å². The summed E-state index contributed by atoms with van der Waals surface area (Å²) in [4.78, 5) is 72.9. The molecule has 0 aliphatic carbocycles. The minimum absolute atomic E-state index is 0.106. The van der Waals surface area contributed by atoms with Crippen molar-refractivity contribution in [3.63, 3.8) is 0 Å². The maximum atomic E-state index is 13.1. The van der Waals surface area contributed by atoms with Gasteiger partial charge in [0.1, 0.15) is 19.3 Å². The van der Waals surface area contributed by atoms with Crippen LogP contribution >= 0.6 is 15.6 Å². The fourth-order valence-electron chi connectivity index (χ4n) is 11.8. The van der Waals surface area contributed by atoms with Crippen LogP contribution in [0.2, 0.25) is 0 Å². The van der Waals surface area contributed by atoms with Crippen LogP contribution in [0, 0.1) is 17.8 Å². The summed E-state index contributed by atoms with van der Waals surface area (Å²) in [7, 11) is -9.92. The second-order valence-corrected chi connectivity index (χ2v) is 32.1. The Kier molecular flexibility index (Phi) is 66.2. The van der Waals surface area contributed by atoms with Crippen LogP contribution < -0.4 is 0 Å². The molecule has 0 fully saturated rings. The van der Waals surface area contributed by atoms with Gasteiger partial charge in [-0.15, -0.1) is 0 Å². The van der Waals surface area contributed by atoms with Crippen molar-refractivity contribution in [1.29, 1.82) is 0 Å². The molecule has 570 valence electrons. The first-order valence-electron chi connectivity index (χ1n) is 39.8. The lowest BCUT2D eigenvalue weighted by Crippen LogP contribution is -2.30. The van der Waals surface area contributed by atoms with E-state index in [1.54, 1.807) is 0 Å². The average molecular weight is 1410 g/mol. The molecule has 0 saturated heterocycles. The third-order valence-electron chi connectivity index (χ3n) is 17.9. The van der Waals surface area contributed by atoms with Gasteiger partial charge in [0.05, 0.1) is 26.4 Å². The van der Waals surface area contributed by atoms with Gasteiger partial charge in [0.25, 0.3) is 0 Å². The first kappa shape index (κ1) is 94.1. The molecule has 5 atom stereocenters. The van der Waals surface area contributed by atoms with Gasteiger partial charge in [0.2, 0.25) is 0 Å². The van der Waals surface area contributed by atoms with E-state index in [0.29, 0.717) is 25.7 Å². The van der Waals surface area contributed by atoms with Crippen molar-refractivity contribution >= 4 is 39.5 Å².